The van der Waals surface area contributed by atoms with E-state index in [-0.39, 0.29) is 0 Å². The quantitative estimate of drug-likeness (QED) is 0.857. The maximum absolute atomic E-state index is 13.5. The number of fused-ring (bicyclic) bond motifs is 3. The Morgan fingerprint density at radius 3 is 3.00 bits per heavy atom. The molecule has 3 nitrogen and oxygen atoms in total. The fourth-order valence-electron chi connectivity index (χ4n) is 2.81. The van der Waals surface area contributed by atoms with Gasteiger partial charge in [-0.05, 0) is 18.3 Å². The van der Waals surface area contributed by atoms with Crippen LogP contribution < -0.4 is 0 Å². The smallest absolute Gasteiger partial charge is 0.138 e. The minimum absolute atomic E-state index is 0.627. The average molecular weight is 291 g/mol. The molecule has 0 radical (unpaired) electrons. The van der Waals surface area contributed by atoms with E-state index in [1.165, 1.54) is 6.33 Å². The molecule has 108 valence electrons. The molecular weight excluding hydrogens is 260 g/mol. The van der Waals surface area contributed by atoms with Crippen molar-refractivity contribution < 1.29 is 19.9 Å². The number of rotatable bonds is 3. The van der Waals surface area contributed by atoms with E-state index in [1.54, 1.807) is 35.0 Å². The van der Waals surface area contributed by atoms with Gasteiger partial charge in [-0.2, -0.15) is 0 Å². The van der Waals surface area contributed by atoms with Gasteiger partial charge in [-0.15, -0.1) is 0 Å². The third-order valence-electron chi connectivity index (χ3n) is 3.76. The zero-order valence-corrected chi connectivity index (χ0v) is 11.1. The van der Waals surface area contributed by atoms with Crippen LogP contribution in [-0.2, 0) is 4.79 Å². The van der Waals surface area contributed by atoms with Crippen LogP contribution in [0.25, 0.3) is 11.3 Å². The highest BCUT2D eigenvalue weighted by molar-refractivity contribution is 5.83. The summed E-state index contributed by atoms with van der Waals surface area (Å²) in [4.78, 5) is 17.5. The number of aromatic nitrogens is 2. The Balaban J connectivity index is 1.85. The van der Waals surface area contributed by atoms with Gasteiger partial charge in [0.2, 0.25) is 0 Å². The largest absolute Gasteiger partial charge is 0.323 e. The maximum Gasteiger partial charge on any atom is 0.138 e. The molecule has 2 aromatic rings. The second-order valence-corrected chi connectivity index (χ2v) is 4.92. The summed E-state index contributed by atoms with van der Waals surface area (Å²) in [6, 6.07) is 6.22. The number of ketones is 1. The van der Waals surface area contributed by atoms with Crippen LogP contribution in [0.3, 0.4) is 0 Å². The predicted molar refractivity (Wildman–Crippen MR) is 82.0 cm³/mol. The normalized spacial score (nSPS) is 42.3. The minimum atomic E-state index is -3.69. The highest BCUT2D eigenvalue weighted by Crippen LogP contribution is 2.41. The summed E-state index contributed by atoms with van der Waals surface area (Å²) in [6.45, 7) is 0. The Labute approximate surface area is 140 Å². The third kappa shape index (κ3) is 2.11. The third-order valence-corrected chi connectivity index (χ3v) is 3.76. The van der Waals surface area contributed by atoms with Gasteiger partial charge < -0.3 is 4.57 Å². The van der Waals surface area contributed by atoms with Crippen molar-refractivity contribution in [1.29, 1.82) is 0 Å². The molecule has 0 spiro atoms. The fourth-order valence-corrected chi connectivity index (χ4v) is 2.81. The number of nitrogens with zero attached hydrogens (tertiary/aromatic N) is 2. The van der Waals surface area contributed by atoms with Crippen molar-refractivity contribution in [3.8, 4) is 11.3 Å². The number of carbonyl (C=O) groups is 1. The van der Waals surface area contributed by atoms with Gasteiger partial charge in [0.1, 0.15) is 5.78 Å². The summed E-state index contributed by atoms with van der Waals surface area (Å²) in [5.41, 5.74) is 2.06. The van der Waals surface area contributed by atoms with Gasteiger partial charge >= 0.3 is 0 Å². The second-order valence-electron chi connectivity index (χ2n) is 4.92. The van der Waals surface area contributed by atoms with Gasteiger partial charge in [0.25, 0.3) is 0 Å². The maximum atomic E-state index is 13.5. The Morgan fingerprint density at radius 1 is 1.33 bits per heavy atom. The molecule has 1 aromatic carbocycles. The first-order valence-corrected chi connectivity index (χ1v) is 6.63. The zero-order chi connectivity index (χ0) is 24.1. The second kappa shape index (κ2) is 5.14. The lowest BCUT2D eigenvalue weighted by Crippen LogP contribution is -2.21. The molecule has 4 rings (SSSR count). The minimum Gasteiger partial charge on any atom is -0.323 e. The van der Waals surface area contributed by atoms with E-state index < -0.39 is 56.0 Å². The molecule has 1 fully saturated rings. The lowest BCUT2D eigenvalue weighted by atomic mass is 9.83. The molecule has 0 bridgehead atoms. The zero-order valence-electron chi connectivity index (χ0n) is 22.1. The van der Waals surface area contributed by atoms with Crippen LogP contribution in [0.4, 0.5) is 0 Å². The topological polar surface area (TPSA) is 34.9 Å². The molecule has 1 saturated carbocycles. The van der Waals surface area contributed by atoms with Crippen LogP contribution in [0.15, 0.2) is 36.8 Å². The number of carbonyl (C=O) groups excluding carboxylic acids is 1. The van der Waals surface area contributed by atoms with Crippen molar-refractivity contribution >= 4 is 5.78 Å². The average Bonchev–Trinajstić information content (AvgIpc) is 3.28. The fraction of sp³-hybridized carbons (Fsp3) is 0.444. The molecule has 2 aliphatic rings. The summed E-state index contributed by atoms with van der Waals surface area (Å²) < 4.78 is 91.2. The molecule has 1 aromatic heterocycles. The van der Waals surface area contributed by atoms with Crippen LogP contribution in [-0.4, -0.2) is 15.3 Å². The van der Waals surface area contributed by atoms with Gasteiger partial charge in [-0.25, -0.2) is 4.98 Å². The van der Waals surface area contributed by atoms with E-state index in [2.05, 4.69) is 4.98 Å². The van der Waals surface area contributed by atoms with Gasteiger partial charge in [0.15, 0.2) is 0 Å². The first-order chi connectivity index (χ1) is 14.5. The molecule has 0 N–H and O–H groups in total. The first-order valence-electron chi connectivity index (χ1n) is 12.1. The standard InChI is InChI=1S/C18H20N2O/c21-18(13-6-2-1-3-7-13)10-16-14-8-4-5-9-15(14)17-11-19-12-20(16)17/h4-5,8-9,11-13,16H,1-3,6-7,10H2/i1D2,2D2,3D2,6D2,7D2,13D. The van der Waals surface area contributed by atoms with Crippen molar-refractivity contribution in [2.75, 3.05) is 0 Å². The first kappa shape index (κ1) is 5.71. The summed E-state index contributed by atoms with van der Waals surface area (Å²) >= 11 is 0. The number of hydrogen-bond donors (Lipinski definition) is 0. The van der Waals surface area contributed by atoms with Crippen LogP contribution >= 0.6 is 0 Å². The lowest BCUT2D eigenvalue weighted by Gasteiger charge is -2.22. The van der Waals surface area contributed by atoms with Crippen molar-refractivity contribution in [3.05, 3.63) is 42.4 Å². The molecule has 2 heterocycles. The van der Waals surface area contributed by atoms with E-state index in [9.17, 15) is 4.79 Å². The van der Waals surface area contributed by atoms with E-state index >= 15 is 0 Å². The van der Waals surface area contributed by atoms with Crippen molar-refractivity contribution in [2.24, 2.45) is 5.89 Å². The van der Waals surface area contributed by atoms with Gasteiger partial charge in [0.05, 0.1) is 24.3 Å². The molecule has 1 aliphatic carbocycles. The molecule has 21 heavy (non-hydrogen) atoms. The van der Waals surface area contributed by atoms with Crippen LogP contribution in [0.5, 0.6) is 0 Å². The van der Waals surface area contributed by atoms with E-state index in [0.717, 1.165) is 5.56 Å². The summed E-state index contributed by atoms with van der Waals surface area (Å²) in [6.07, 6.45) is -16.0. The highest BCUT2D eigenvalue weighted by Gasteiger charge is 2.31. The molecule has 1 unspecified atom stereocenters. The van der Waals surface area contributed by atoms with Crippen LogP contribution in [0, 0.1) is 5.89 Å². The summed E-state index contributed by atoms with van der Waals surface area (Å²) in [7, 11) is 0. The molecule has 0 amide bonds. The lowest BCUT2D eigenvalue weighted by molar-refractivity contribution is -0.124. The Hall–Kier alpha value is -1.90. The van der Waals surface area contributed by atoms with Crippen LogP contribution in [0.1, 0.15) is 65.0 Å². The van der Waals surface area contributed by atoms with Gasteiger partial charge in [-0.3, -0.25) is 4.79 Å². The Kier molecular flexibility index (Phi) is 1.40. The number of Topliss-reactive ketones (excluding diaryl/α,β-unsaturated/α-hetero) is 1. The predicted octanol–water partition coefficient (Wildman–Crippen LogP) is 3.99. The van der Waals surface area contributed by atoms with Crippen LogP contribution in [0.2, 0.25) is 0 Å². The SMILES string of the molecule is [2H]C1([2H])C([2H])([2H])C([2H])([2H])C([2H])(C(=O)CC2c3ccccc3-c3cncn32)C([2H])([2H])C1([2H])[2H]. The molecular formula is C18H20N2O. The van der Waals surface area contributed by atoms with E-state index in [1.807, 2.05) is 0 Å². The molecule has 3 heteroatoms. The molecule has 0 saturated heterocycles. The number of benzene rings is 1. The molecule has 1 atom stereocenters. The van der Waals surface area contributed by atoms with Crippen molar-refractivity contribution in [1.82, 2.24) is 9.55 Å². The summed E-state index contributed by atoms with van der Waals surface area (Å²) in [5.74, 6) is -4.94. The highest BCUT2D eigenvalue weighted by atomic mass is 16.1. The van der Waals surface area contributed by atoms with Crippen molar-refractivity contribution in [3.63, 3.8) is 0 Å². The molecule has 1 aliphatic heterocycles. The summed E-state index contributed by atoms with van der Waals surface area (Å²) in [5, 5.41) is 0. The Bertz CT molecular complexity index is 1080. The van der Waals surface area contributed by atoms with Crippen molar-refractivity contribution in [2.45, 2.75) is 44.3 Å². The van der Waals surface area contributed by atoms with Gasteiger partial charge in [-0.1, -0.05) is 43.4 Å². The Morgan fingerprint density at radius 2 is 2.14 bits per heavy atom. The van der Waals surface area contributed by atoms with E-state index in [4.69, 9.17) is 15.1 Å². The number of imidazole rings is 1. The number of hydrogen-bond acceptors (Lipinski definition) is 2. The van der Waals surface area contributed by atoms with Gasteiger partial charge in [0, 0.05) is 33.0 Å². The monoisotopic (exact) mass is 291 g/mol. The van der Waals surface area contributed by atoms with E-state index in [0.29, 0.717) is 11.3 Å².